The number of rotatable bonds is 6. The van der Waals surface area contributed by atoms with E-state index in [-0.39, 0.29) is 23.8 Å². The smallest absolute Gasteiger partial charge is 0.257 e. The van der Waals surface area contributed by atoms with Crippen LogP contribution in [0.25, 0.3) is 0 Å². The van der Waals surface area contributed by atoms with Crippen LogP contribution >= 0.6 is 11.6 Å². The van der Waals surface area contributed by atoms with Gasteiger partial charge in [-0.1, -0.05) is 36.9 Å². The van der Waals surface area contributed by atoms with Crippen LogP contribution in [0.15, 0.2) is 67.0 Å². The summed E-state index contributed by atoms with van der Waals surface area (Å²) in [6.45, 7) is 0. The molecule has 1 fully saturated rings. The molecular weight excluding hydrogens is 452 g/mol. The van der Waals surface area contributed by atoms with Crippen molar-refractivity contribution in [3.8, 4) is 0 Å². The van der Waals surface area contributed by atoms with E-state index in [1.54, 1.807) is 60.8 Å². The molecule has 0 unspecified atom stereocenters. The molecule has 34 heavy (non-hydrogen) atoms. The Morgan fingerprint density at radius 1 is 0.794 bits per heavy atom. The summed E-state index contributed by atoms with van der Waals surface area (Å²) in [7, 11) is 0. The van der Waals surface area contributed by atoms with Gasteiger partial charge in [-0.3, -0.25) is 19.4 Å². The van der Waals surface area contributed by atoms with Gasteiger partial charge >= 0.3 is 0 Å². The van der Waals surface area contributed by atoms with Crippen LogP contribution in [0.1, 0.15) is 63.2 Å². The number of hydrogen-bond acceptors (Lipinski definition) is 4. The summed E-state index contributed by atoms with van der Waals surface area (Å²) in [6, 6.07) is 14.9. The zero-order valence-corrected chi connectivity index (χ0v) is 19.3. The van der Waals surface area contributed by atoms with Crippen molar-refractivity contribution in [1.29, 1.82) is 0 Å². The van der Waals surface area contributed by atoms with Gasteiger partial charge < -0.3 is 16.0 Å². The number of amides is 3. The summed E-state index contributed by atoms with van der Waals surface area (Å²) in [6.07, 6.45) is 8.40. The quantitative estimate of drug-likeness (QED) is 0.449. The number of anilines is 2. The average molecular weight is 477 g/mol. The molecule has 0 saturated heterocycles. The van der Waals surface area contributed by atoms with Crippen molar-refractivity contribution in [2.45, 2.75) is 38.1 Å². The minimum Gasteiger partial charge on any atom is -0.349 e. The highest BCUT2D eigenvalue weighted by molar-refractivity contribution is 6.34. The van der Waals surface area contributed by atoms with Crippen molar-refractivity contribution in [3.63, 3.8) is 0 Å². The number of benzene rings is 2. The third-order valence-electron chi connectivity index (χ3n) is 5.72. The topological polar surface area (TPSA) is 100 Å². The maximum Gasteiger partial charge on any atom is 0.257 e. The van der Waals surface area contributed by atoms with Gasteiger partial charge in [-0.25, -0.2) is 0 Å². The van der Waals surface area contributed by atoms with Crippen molar-refractivity contribution in [2.24, 2.45) is 0 Å². The lowest BCUT2D eigenvalue weighted by Gasteiger charge is -2.23. The molecule has 0 radical (unpaired) electrons. The van der Waals surface area contributed by atoms with Gasteiger partial charge in [0.2, 0.25) is 0 Å². The molecule has 2 aromatic carbocycles. The molecule has 3 amide bonds. The fraction of sp³-hybridized carbons (Fsp3) is 0.231. The summed E-state index contributed by atoms with van der Waals surface area (Å²) < 4.78 is 0. The highest BCUT2D eigenvalue weighted by Gasteiger charge is 2.19. The first-order chi connectivity index (χ1) is 16.5. The first kappa shape index (κ1) is 23.4. The van der Waals surface area contributed by atoms with Gasteiger partial charge in [0, 0.05) is 35.4 Å². The van der Waals surface area contributed by atoms with Crippen LogP contribution in [-0.4, -0.2) is 28.7 Å². The van der Waals surface area contributed by atoms with E-state index < -0.39 is 0 Å². The van der Waals surface area contributed by atoms with E-state index in [4.69, 9.17) is 11.6 Å². The number of aromatic nitrogens is 1. The van der Waals surface area contributed by atoms with Crippen molar-refractivity contribution in [3.05, 3.63) is 88.7 Å². The molecule has 7 nitrogen and oxygen atoms in total. The number of carbonyl (C=O) groups excluding carboxylic acids is 3. The van der Waals surface area contributed by atoms with Crippen molar-refractivity contribution >= 4 is 40.7 Å². The molecule has 1 aliphatic rings. The predicted octanol–water partition coefficient (Wildman–Crippen LogP) is 5.30. The second-order valence-corrected chi connectivity index (χ2v) is 8.64. The van der Waals surface area contributed by atoms with E-state index >= 15 is 0 Å². The molecule has 1 aliphatic carbocycles. The second-order valence-electron chi connectivity index (χ2n) is 8.23. The summed E-state index contributed by atoms with van der Waals surface area (Å²) in [5.41, 5.74) is 2.02. The number of nitrogens with one attached hydrogen (secondary N) is 3. The maximum absolute atomic E-state index is 12.8. The van der Waals surface area contributed by atoms with Crippen LogP contribution in [0.2, 0.25) is 5.02 Å². The molecule has 0 bridgehead atoms. The van der Waals surface area contributed by atoms with Crippen molar-refractivity contribution in [1.82, 2.24) is 10.3 Å². The number of pyridine rings is 1. The Labute approximate surface area is 202 Å². The average Bonchev–Trinajstić information content (AvgIpc) is 2.86. The van der Waals surface area contributed by atoms with Gasteiger partial charge in [-0.05, 0) is 61.4 Å². The monoisotopic (exact) mass is 476 g/mol. The maximum atomic E-state index is 12.8. The highest BCUT2D eigenvalue weighted by atomic mass is 35.5. The lowest BCUT2D eigenvalue weighted by atomic mass is 9.95. The third kappa shape index (κ3) is 5.99. The fourth-order valence-corrected chi connectivity index (χ4v) is 4.13. The first-order valence-corrected chi connectivity index (χ1v) is 11.6. The van der Waals surface area contributed by atoms with Crippen LogP contribution < -0.4 is 16.0 Å². The Balaban J connectivity index is 1.43. The van der Waals surface area contributed by atoms with E-state index in [0.717, 1.165) is 25.7 Å². The van der Waals surface area contributed by atoms with Crippen LogP contribution in [-0.2, 0) is 0 Å². The minimum atomic E-state index is -0.376. The number of carbonyl (C=O) groups is 3. The molecule has 0 spiro atoms. The molecule has 8 heteroatoms. The Hall–Kier alpha value is -3.71. The van der Waals surface area contributed by atoms with E-state index in [9.17, 15) is 14.4 Å². The van der Waals surface area contributed by atoms with Crippen molar-refractivity contribution < 1.29 is 14.4 Å². The standard InChI is InChI=1S/C26H25ClN4O3/c27-23-12-11-21(15-22(23)26(34)29-19-8-2-1-3-9-19)31-24(32)17-6-4-10-20(14-17)30-25(33)18-7-5-13-28-16-18/h4-7,10-16,19H,1-3,8-9H2,(H,29,34)(H,30,33)(H,31,32). The SMILES string of the molecule is O=C(Nc1cccc(C(=O)Nc2ccc(Cl)c(C(=O)NC3CCCCC3)c2)c1)c1cccnc1. The Kier molecular flexibility index (Phi) is 7.54. The van der Waals surface area contributed by atoms with E-state index in [1.807, 2.05) is 0 Å². The van der Waals surface area contributed by atoms with E-state index in [2.05, 4.69) is 20.9 Å². The molecular formula is C26H25ClN4O3. The number of hydrogen-bond donors (Lipinski definition) is 3. The third-order valence-corrected chi connectivity index (χ3v) is 6.05. The summed E-state index contributed by atoms with van der Waals surface area (Å²) in [4.78, 5) is 41.9. The predicted molar refractivity (Wildman–Crippen MR) is 132 cm³/mol. The van der Waals surface area contributed by atoms with E-state index in [0.29, 0.717) is 33.1 Å². The summed E-state index contributed by atoms with van der Waals surface area (Å²) in [5.74, 6) is -0.941. The molecule has 4 rings (SSSR count). The van der Waals surface area contributed by atoms with Gasteiger partial charge in [-0.15, -0.1) is 0 Å². The van der Waals surface area contributed by atoms with Crippen LogP contribution in [0.3, 0.4) is 0 Å². The zero-order valence-electron chi connectivity index (χ0n) is 18.5. The first-order valence-electron chi connectivity index (χ1n) is 11.2. The summed E-state index contributed by atoms with van der Waals surface area (Å²) in [5, 5.41) is 8.93. The van der Waals surface area contributed by atoms with Gasteiger partial charge in [0.05, 0.1) is 16.1 Å². The van der Waals surface area contributed by atoms with Gasteiger partial charge in [0.1, 0.15) is 0 Å². The fourth-order valence-electron chi connectivity index (χ4n) is 3.93. The molecule has 0 aliphatic heterocycles. The van der Waals surface area contributed by atoms with Crippen LogP contribution in [0.5, 0.6) is 0 Å². The zero-order chi connectivity index (χ0) is 23.9. The molecule has 174 valence electrons. The summed E-state index contributed by atoms with van der Waals surface area (Å²) >= 11 is 6.26. The Morgan fingerprint density at radius 3 is 2.24 bits per heavy atom. The van der Waals surface area contributed by atoms with Crippen molar-refractivity contribution in [2.75, 3.05) is 10.6 Å². The largest absolute Gasteiger partial charge is 0.349 e. The van der Waals surface area contributed by atoms with Gasteiger partial charge in [-0.2, -0.15) is 0 Å². The highest BCUT2D eigenvalue weighted by Crippen LogP contribution is 2.23. The molecule has 1 heterocycles. The second kappa shape index (κ2) is 10.9. The molecule has 0 atom stereocenters. The molecule has 3 aromatic rings. The lowest BCUT2D eigenvalue weighted by molar-refractivity contribution is 0.0926. The molecule has 1 aromatic heterocycles. The Morgan fingerprint density at radius 2 is 1.50 bits per heavy atom. The Bertz CT molecular complexity index is 1190. The van der Waals surface area contributed by atoms with Crippen LogP contribution in [0, 0.1) is 0 Å². The van der Waals surface area contributed by atoms with Gasteiger partial charge in [0.25, 0.3) is 17.7 Å². The lowest BCUT2D eigenvalue weighted by Crippen LogP contribution is -2.36. The van der Waals surface area contributed by atoms with Gasteiger partial charge in [0.15, 0.2) is 0 Å². The van der Waals surface area contributed by atoms with Crippen LogP contribution in [0.4, 0.5) is 11.4 Å². The number of halogens is 1. The molecule has 3 N–H and O–H groups in total. The molecule has 1 saturated carbocycles. The minimum absolute atomic E-state index is 0.153. The van der Waals surface area contributed by atoms with E-state index in [1.165, 1.54) is 12.6 Å². The number of nitrogens with zero attached hydrogens (tertiary/aromatic N) is 1. The normalized spacial score (nSPS) is 13.7.